The Morgan fingerprint density at radius 2 is 1.90 bits per heavy atom. The maximum absolute atomic E-state index is 13.2. The number of amides is 1. The van der Waals surface area contributed by atoms with Crippen LogP contribution >= 0.6 is 11.3 Å². The number of benzene rings is 2. The number of carbonyl (C=O) groups excluding carboxylic acids is 2. The Hall–Kier alpha value is -3.85. The Morgan fingerprint density at radius 3 is 2.58 bits per heavy atom. The van der Waals surface area contributed by atoms with E-state index in [1.807, 2.05) is 0 Å². The molecule has 0 bridgehead atoms. The molecule has 0 aliphatic heterocycles. The van der Waals surface area contributed by atoms with Crippen LogP contribution in [0.4, 0.5) is 9.52 Å². The SMILES string of the molecule is COC(=O)c1cc(C(=O)Nc2nccs2)c2cc(Cc3ccc(F)cc3)cnc2c1O. The van der Waals surface area contributed by atoms with E-state index >= 15 is 0 Å². The number of fused-ring (bicyclic) bond motifs is 1. The fraction of sp³-hybridized carbons (Fsp3) is 0.0909. The standard InChI is InChI=1S/C22H16FN3O4S/c1-30-21(29)17-10-16(20(28)26-22-24-6-7-31-22)15-9-13(11-25-18(15)19(17)27)8-12-2-4-14(23)5-3-12/h2-7,9-11,27H,8H2,1H3,(H,24,26,28). The molecular formula is C22H16FN3O4S. The zero-order valence-electron chi connectivity index (χ0n) is 16.3. The van der Waals surface area contributed by atoms with Crippen LogP contribution < -0.4 is 5.32 Å². The second-order valence-corrected chi connectivity index (χ2v) is 7.54. The number of aromatic nitrogens is 2. The van der Waals surface area contributed by atoms with Crippen LogP contribution in [-0.4, -0.2) is 34.1 Å². The number of nitrogens with one attached hydrogen (secondary N) is 1. The third kappa shape index (κ3) is 4.22. The molecule has 2 aromatic carbocycles. The van der Waals surface area contributed by atoms with Crippen molar-refractivity contribution in [1.82, 2.24) is 9.97 Å². The van der Waals surface area contributed by atoms with Crippen molar-refractivity contribution in [2.24, 2.45) is 0 Å². The van der Waals surface area contributed by atoms with Gasteiger partial charge in [-0.3, -0.25) is 15.1 Å². The van der Waals surface area contributed by atoms with Crippen molar-refractivity contribution in [3.63, 3.8) is 0 Å². The summed E-state index contributed by atoms with van der Waals surface area (Å²) in [6, 6.07) is 9.04. The summed E-state index contributed by atoms with van der Waals surface area (Å²) in [6.07, 6.45) is 3.53. The number of hydrogen-bond donors (Lipinski definition) is 2. The summed E-state index contributed by atoms with van der Waals surface area (Å²) in [5.41, 5.74) is 1.66. The van der Waals surface area contributed by atoms with E-state index in [1.54, 1.807) is 29.8 Å². The van der Waals surface area contributed by atoms with Crippen molar-refractivity contribution in [1.29, 1.82) is 0 Å². The van der Waals surface area contributed by atoms with E-state index < -0.39 is 11.9 Å². The zero-order valence-corrected chi connectivity index (χ0v) is 17.1. The van der Waals surface area contributed by atoms with Gasteiger partial charge in [0, 0.05) is 23.2 Å². The van der Waals surface area contributed by atoms with Crippen LogP contribution in [0.25, 0.3) is 10.9 Å². The number of phenols is 1. The number of methoxy groups -OCH3 is 1. The summed E-state index contributed by atoms with van der Waals surface area (Å²) in [5, 5.41) is 15.7. The second-order valence-electron chi connectivity index (χ2n) is 6.65. The monoisotopic (exact) mass is 437 g/mol. The minimum Gasteiger partial charge on any atom is -0.505 e. The molecule has 0 spiro atoms. The molecule has 0 atom stereocenters. The number of thiazole rings is 1. The van der Waals surface area contributed by atoms with Crippen molar-refractivity contribution in [2.75, 3.05) is 12.4 Å². The molecular weight excluding hydrogens is 421 g/mol. The van der Waals surface area contributed by atoms with Gasteiger partial charge in [0.1, 0.15) is 16.9 Å². The van der Waals surface area contributed by atoms with Crippen molar-refractivity contribution in [3.05, 3.63) is 82.2 Å². The highest BCUT2D eigenvalue weighted by Gasteiger charge is 2.22. The van der Waals surface area contributed by atoms with E-state index in [0.717, 1.165) is 11.1 Å². The number of aromatic hydroxyl groups is 1. The van der Waals surface area contributed by atoms with Crippen molar-refractivity contribution in [3.8, 4) is 5.75 Å². The fourth-order valence-electron chi connectivity index (χ4n) is 3.16. The summed E-state index contributed by atoms with van der Waals surface area (Å²) in [5.74, 6) is -2.01. The van der Waals surface area contributed by atoms with Crippen LogP contribution in [0.3, 0.4) is 0 Å². The van der Waals surface area contributed by atoms with Crippen LogP contribution in [0.2, 0.25) is 0 Å². The number of halogens is 1. The highest BCUT2D eigenvalue weighted by Crippen LogP contribution is 2.32. The first kappa shape index (κ1) is 20.4. The Labute approximate surface area is 180 Å². The average Bonchev–Trinajstić information content (AvgIpc) is 3.28. The van der Waals surface area contributed by atoms with Crippen LogP contribution in [0.1, 0.15) is 31.8 Å². The van der Waals surface area contributed by atoms with Crippen LogP contribution in [-0.2, 0) is 11.2 Å². The molecule has 9 heteroatoms. The first-order chi connectivity index (χ1) is 15.0. The molecule has 0 radical (unpaired) electrons. The number of esters is 1. The number of hydrogen-bond acceptors (Lipinski definition) is 7. The molecule has 4 aromatic rings. The number of phenolic OH excluding ortho intramolecular Hbond substituents is 1. The van der Waals surface area contributed by atoms with Gasteiger partial charge in [0.15, 0.2) is 10.9 Å². The number of nitrogens with zero attached hydrogens (tertiary/aromatic N) is 2. The highest BCUT2D eigenvalue weighted by atomic mass is 32.1. The molecule has 31 heavy (non-hydrogen) atoms. The van der Waals surface area contributed by atoms with Gasteiger partial charge in [-0.25, -0.2) is 14.2 Å². The molecule has 1 amide bonds. The first-order valence-electron chi connectivity index (χ1n) is 9.14. The van der Waals surface area contributed by atoms with Gasteiger partial charge >= 0.3 is 5.97 Å². The summed E-state index contributed by atoms with van der Waals surface area (Å²) in [4.78, 5) is 33.4. The second kappa shape index (κ2) is 8.49. The van der Waals surface area contributed by atoms with Gasteiger partial charge in [0.05, 0.1) is 12.7 Å². The quantitative estimate of drug-likeness (QED) is 0.455. The van der Waals surface area contributed by atoms with E-state index in [0.29, 0.717) is 16.9 Å². The first-order valence-corrected chi connectivity index (χ1v) is 10.0. The molecule has 0 aliphatic rings. The van der Waals surface area contributed by atoms with Gasteiger partial charge in [0.25, 0.3) is 5.91 Å². The molecule has 2 N–H and O–H groups in total. The molecule has 2 heterocycles. The maximum atomic E-state index is 13.2. The van der Waals surface area contributed by atoms with E-state index in [9.17, 15) is 19.1 Å². The van der Waals surface area contributed by atoms with Gasteiger partial charge in [-0.15, -0.1) is 11.3 Å². The van der Waals surface area contributed by atoms with Gasteiger partial charge in [0.2, 0.25) is 0 Å². The lowest BCUT2D eigenvalue weighted by Gasteiger charge is -2.12. The van der Waals surface area contributed by atoms with Crippen LogP contribution in [0.15, 0.2) is 54.2 Å². The van der Waals surface area contributed by atoms with Crippen molar-refractivity contribution >= 4 is 39.2 Å². The molecule has 2 aromatic heterocycles. The molecule has 156 valence electrons. The molecule has 0 saturated heterocycles. The normalized spacial score (nSPS) is 10.8. The number of pyridine rings is 1. The molecule has 0 unspecified atom stereocenters. The highest BCUT2D eigenvalue weighted by molar-refractivity contribution is 7.13. The Morgan fingerprint density at radius 1 is 1.13 bits per heavy atom. The minimum absolute atomic E-state index is 0.0926. The lowest BCUT2D eigenvalue weighted by atomic mass is 9.99. The summed E-state index contributed by atoms with van der Waals surface area (Å²) in [7, 11) is 1.18. The lowest BCUT2D eigenvalue weighted by Crippen LogP contribution is -2.14. The predicted octanol–water partition coefficient (Wildman–Crippen LogP) is 4.17. The van der Waals surface area contributed by atoms with E-state index in [4.69, 9.17) is 4.74 Å². The number of carbonyl (C=O) groups is 2. The van der Waals surface area contributed by atoms with Gasteiger partial charge < -0.3 is 9.84 Å². The molecule has 0 saturated carbocycles. The Kier molecular flexibility index (Phi) is 5.59. The number of anilines is 1. The minimum atomic E-state index is -0.792. The smallest absolute Gasteiger partial charge is 0.341 e. The number of ether oxygens (including phenoxy) is 1. The lowest BCUT2D eigenvalue weighted by molar-refractivity contribution is 0.0597. The van der Waals surface area contributed by atoms with E-state index in [1.165, 1.54) is 42.8 Å². The summed E-state index contributed by atoms with van der Waals surface area (Å²) < 4.78 is 17.9. The maximum Gasteiger partial charge on any atom is 0.341 e. The van der Waals surface area contributed by atoms with Crippen molar-refractivity contribution in [2.45, 2.75) is 6.42 Å². The molecule has 0 fully saturated rings. The van der Waals surface area contributed by atoms with Gasteiger partial charge in [-0.05, 0) is 41.8 Å². The molecule has 7 nitrogen and oxygen atoms in total. The van der Waals surface area contributed by atoms with E-state index in [-0.39, 0.29) is 28.2 Å². The summed E-state index contributed by atoms with van der Waals surface area (Å²) in [6.45, 7) is 0. The van der Waals surface area contributed by atoms with Crippen molar-refractivity contribution < 1.29 is 23.8 Å². The fourth-order valence-corrected chi connectivity index (χ4v) is 3.68. The Balaban J connectivity index is 1.82. The van der Waals surface area contributed by atoms with Gasteiger partial charge in [-0.1, -0.05) is 12.1 Å². The van der Waals surface area contributed by atoms with Gasteiger partial charge in [-0.2, -0.15) is 0 Å². The zero-order chi connectivity index (χ0) is 22.0. The Bertz CT molecular complexity index is 1270. The largest absolute Gasteiger partial charge is 0.505 e. The third-order valence-electron chi connectivity index (χ3n) is 4.63. The summed E-state index contributed by atoms with van der Waals surface area (Å²) >= 11 is 1.25. The topological polar surface area (TPSA) is 101 Å². The molecule has 0 aliphatic carbocycles. The number of rotatable bonds is 5. The van der Waals surface area contributed by atoms with E-state index in [2.05, 4.69) is 15.3 Å². The van der Waals surface area contributed by atoms with Crippen LogP contribution in [0, 0.1) is 5.82 Å². The average molecular weight is 437 g/mol. The van der Waals surface area contributed by atoms with Crippen LogP contribution in [0.5, 0.6) is 5.75 Å². The molecule has 4 rings (SSSR count). The third-order valence-corrected chi connectivity index (χ3v) is 5.32. The predicted molar refractivity (Wildman–Crippen MR) is 114 cm³/mol.